The molecule has 2 aromatic rings. The van der Waals surface area contributed by atoms with Gasteiger partial charge in [0.1, 0.15) is 5.82 Å². The van der Waals surface area contributed by atoms with Gasteiger partial charge in [-0.3, -0.25) is 0 Å². The predicted octanol–water partition coefficient (Wildman–Crippen LogP) is 3.04. The van der Waals surface area contributed by atoms with Crippen LogP contribution in [0.4, 0.5) is 22.9 Å². The quantitative estimate of drug-likeness (QED) is 0.789. The Hall–Kier alpha value is -2.43. The standard InChI is InChI=1S/C19H27N5/c1-14-11-15(2)22-19(12-14)24-9-4-8-23(3)18-13-16(20)5-6-17(18)21-7-10-24/h5-6,11-13,21H,4,7-10,20H2,1-3H3. The number of aromatic nitrogens is 1. The number of nitrogen functional groups attached to an aromatic ring is 1. The van der Waals surface area contributed by atoms with Crippen LogP contribution in [-0.2, 0) is 0 Å². The van der Waals surface area contributed by atoms with Gasteiger partial charge in [-0.05, 0) is 56.2 Å². The fourth-order valence-corrected chi connectivity index (χ4v) is 3.28. The van der Waals surface area contributed by atoms with Crippen molar-refractivity contribution in [2.45, 2.75) is 20.3 Å². The van der Waals surface area contributed by atoms with E-state index in [0.29, 0.717) is 0 Å². The molecule has 0 unspecified atom stereocenters. The molecule has 1 aromatic heterocycles. The van der Waals surface area contributed by atoms with Crippen molar-refractivity contribution < 1.29 is 0 Å². The predicted molar refractivity (Wildman–Crippen MR) is 103 cm³/mol. The van der Waals surface area contributed by atoms with Crippen molar-refractivity contribution in [2.75, 3.05) is 54.1 Å². The summed E-state index contributed by atoms with van der Waals surface area (Å²) in [5.74, 6) is 1.08. The smallest absolute Gasteiger partial charge is 0.129 e. The summed E-state index contributed by atoms with van der Waals surface area (Å²) in [6, 6.07) is 10.4. The first-order valence-electron chi connectivity index (χ1n) is 8.58. The highest BCUT2D eigenvalue weighted by Gasteiger charge is 2.14. The first-order chi connectivity index (χ1) is 11.5. The van der Waals surface area contributed by atoms with E-state index >= 15 is 0 Å². The lowest BCUT2D eigenvalue weighted by Gasteiger charge is -2.30. The number of benzene rings is 1. The number of nitrogens with one attached hydrogen (secondary N) is 1. The molecule has 5 nitrogen and oxygen atoms in total. The zero-order chi connectivity index (χ0) is 17.1. The van der Waals surface area contributed by atoms with Crippen LogP contribution in [0, 0.1) is 13.8 Å². The highest BCUT2D eigenvalue weighted by Crippen LogP contribution is 2.28. The third-order valence-corrected chi connectivity index (χ3v) is 4.46. The van der Waals surface area contributed by atoms with Gasteiger partial charge in [0.05, 0.1) is 11.4 Å². The maximum Gasteiger partial charge on any atom is 0.129 e. The normalized spacial score (nSPS) is 15.6. The topological polar surface area (TPSA) is 57.4 Å². The van der Waals surface area contributed by atoms with Crippen LogP contribution in [0.25, 0.3) is 0 Å². The molecule has 3 N–H and O–H groups in total. The Kier molecular flexibility index (Phi) is 4.79. The first kappa shape index (κ1) is 16.4. The van der Waals surface area contributed by atoms with Crippen LogP contribution in [0.5, 0.6) is 0 Å². The van der Waals surface area contributed by atoms with Crippen LogP contribution in [0.15, 0.2) is 30.3 Å². The van der Waals surface area contributed by atoms with E-state index in [-0.39, 0.29) is 0 Å². The fourth-order valence-electron chi connectivity index (χ4n) is 3.28. The number of hydrogen-bond donors (Lipinski definition) is 2. The Morgan fingerprint density at radius 1 is 1.08 bits per heavy atom. The van der Waals surface area contributed by atoms with E-state index in [2.05, 4.69) is 54.2 Å². The molecule has 5 heteroatoms. The van der Waals surface area contributed by atoms with Gasteiger partial charge in [0.15, 0.2) is 0 Å². The molecule has 128 valence electrons. The average molecular weight is 325 g/mol. The number of rotatable bonds is 1. The number of nitrogens with zero attached hydrogens (tertiary/aromatic N) is 3. The number of nitrogens with two attached hydrogens (primary N) is 1. The lowest BCUT2D eigenvalue weighted by molar-refractivity contribution is 0.709. The van der Waals surface area contributed by atoms with Gasteiger partial charge >= 0.3 is 0 Å². The monoisotopic (exact) mass is 325 g/mol. The number of hydrogen-bond acceptors (Lipinski definition) is 5. The van der Waals surface area contributed by atoms with Gasteiger partial charge in [-0.25, -0.2) is 4.98 Å². The first-order valence-corrected chi connectivity index (χ1v) is 8.58. The van der Waals surface area contributed by atoms with Crippen LogP contribution in [0.2, 0.25) is 0 Å². The van der Waals surface area contributed by atoms with E-state index < -0.39 is 0 Å². The van der Waals surface area contributed by atoms with Crippen LogP contribution in [0.3, 0.4) is 0 Å². The van der Waals surface area contributed by atoms with Crippen LogP contribution < -0.4 is 20.9 Å². The Balaban J connectivity index is 1.81. The number of fused-ring (bicyclic) bond motifs is 1. The minimum Gasteiger partial charge on any atom is -0.399 e. The van der Waals surface area contributed by atoms with Gasteiger partial charge in [0.25, 0.3) is 0 Å². The summed E-state index contributed by atoms with van der Waals surface area (Å²) < 4.78 is 0. The van der Waals surface area contributed by atoms with Crippen molar-refractivity contribution in [2.24, 2.45) is 0 Å². The molecule has 24 heavy (non-hydrogen) atoms. The van der Waals surface area contributed by atoms with Crippen LogP contribution >= 0.6 is 0 Å². The lowest BCUT2D eigenvalue weighted by Crippen LogP contribution is -2.34. The maximum atomic E-state index is 5.96. The average Bonchev–Trinajstić information content (AvgIpc) is 2.53. The zero-order valence-corrected chi connectivity index (χ0v) is 14.8. The summed E-state index contributed by atoms with van der Waals surface area (Å²) in [5, 5.41) is 3.55. The van der Waals surface area contributed by atoms with Crippen LogP contribution in [-0.4, -0.2) is 38.2 Å². The number of pyridine rings is 1. The molecule has 2 heterocycles. The largest absolute Gasteiger partial charge is 0.399 e. The third-order valence-electron chi connectivity index (χ3n) is 4.46. The number of anilines is 4. The molecular weight excluding hydrogens is 298 g/mol. The Labute approximate surface area is 144 Å². The SMILES string of the molecule is Cc1cc(C)nc(N2CCCN(C)c3cc(N)ccc3NCC2)c1. The van der Waals surface area contributed by atoms with E-state index in [1.807, 2.05) is 12.1 Å². The second-order valence-corrected chi connectivity index (χ2v) is 6.61. The molecule has 1 aromatic carbocycles. The molecule has 1 aliphatic heterocycles. The molecule has 0 saturated carbocycles. The van der Waals surface area contributed by atoms with Crippen molar-refractivity contribution in [3.63, 3.8) is 0 Å². The Morgan fingerprint density at radius 2 is 1.92 bits per heavy atom. The highest BCUT2D eigenvalue weighted by molar-refractivity contribution is 5.74. The number of aryl methyl sites for hydroxylation is 2. The van der Waals surface area contributed by atoms with E-state index in [0.717, 1.165) is 55.5 Å². The summed E-state index contributed by atoms with van der Waals surface area (Å²) in [4.78, 5) is 9.38. The van der Waals surface area contributed by atoms with Crippen molar-refractivity contribution in [3.8, 4) is 0 Å². The molecule has 0 spiro atoms. The van der Waals surface area contributed by atoms with Gasteiger partial charge in [-0.2, -0.15) is 0 Å². The van der Waals surface area contributed by atoms with Gasteiger partial charge in [0, 0.05) is 44.6 Å². The molecule has 0 radical (unpaired) electrons. The maximum absolute atomic E-state index is 5.96. The molecule has 0 aliphatic carbocycles. The molecule has 3 rings (SSSR count). The Bertz CT molecular complexity index is 693. The van der Waals surface area contributed by atoms with Gasteiger partial charge in [0.2, 0.25) is 0 Å². The van der Waals surface area contributed by atoms with Crippen molar-refractivity contribution in [1.29, 1.82) is 0 Å². The van der Waals surface area contributed by atoms with Crippen LogP contribution in [0.1, 0.15) is 17.7 Å². The van der Waals surface area contributed by atoms with Gasteiger partial charge in [-0.15, -0.1) is 0 Å². The van der Waals surface area contributed by atoms with Crippen molar-refractivity contribution >= 4 is 22.9 Å². The molecule has 0 saturated heterocycles. The van der Waals surface area contributed by atoms with Gasteiger partial charge in [-0.1, -0.05) is 0 Å². The minimum absolute atomic E-state index is 0.806. The summed E-state index contributed by atoms with van der Waals surface area (Å²) in [5.41, 5.74) is 11.4. The van der Waals surface area contributed by atoms with E-state index in [9.17, 15) is 0 Å². The lowest BCUT2D eigenvalue weighted by atomic mass is 10.2. The summed E-state index contributed by atoms with van der Waals surface area (Å²) in [6.07, 6.45) is 1.08. The van der Waals surface area contributed by atoms with Gasteiger partial charge < -0.3 is 20.9 Å². The second kappa shape index (κ2) is 6.99. The van der Waals surface area contributed by atoms with E-state index in [1.54, 1.807) is 0 Å². The molecule has 0 amide bonds. The van der Waals surface area contributed by atoms with Crippen molar-refractivity contribution in [3.05, 3.63) is 41.6 Å². The summed E-state index contributed by atoms with van der Waals surface area (Å²) >= 11 is 0. The molecular formula is C19H27N5. The van der Waals surface area contributed by atoms with E-state index in [1.165, 1.54) is 11.3 Å². The Morgan fingerprint density at radius 3 is 2.71 bits per heavy atom. The second-order valence-electron chi connectivity index (χ2n) is 6.61. The van der Waals surface area contributed by atoms with E-state index in [4.69, 9.17) is 10.7 Å². The highest BCUT2D eigenvalue weighted by atomic mass is 15.2. The zero-order valence-electron chi connectivity index (χ0n) is 14.8. The van der Waals surface area contributed by atoms with Crippen molar-refractivity contribution in [1.82, 2.24) is 4.98 Å². The molecule has 1 aliphatic rings. The molecule has 0 fully saturated rings. The summed E-state index contributed by atoms with van der Waals surface area (Å²) in [7, 11) is 2.13. The summed E-state index contributed by atoms with van der Waals surface area (Å²) in [6.45, 7) is 7.98. The third kappa shape index (κ3) is 3.72. The molecule has 0 bridgehead atoms. The minimum atomic E-state index is 0.806. The molecule has 0 atom stereocenters. The fraction of sp³-hybridized carbons (Fsp3) is 0.421.